The number of para-hydroxylation sites is 1. The van der Waals surface area contributed by atoms with Crippen molar-refractivity contribution in [2.75, 3.05) is 4.72 Å². The van der Waals surface area contributed by atoms with Crippen molar-refractivity contribution in [3.63, 3.8) is 0 Å². The second kappa shape index (κ2) is 6.36. The van der Waals surface area contributed by atoms with Gasteiger partial charge in [0, 0.05) is 10.0 Å². The second-order valence-corrected chi connectivity index (χ2v) is 7.39. The number of halogens is 2. The zero-order valence-electron chi connectivity index (χ0n) is 11.0. The monoisotopic (exact) mass is 389 g/mol. The molecule has 1 unspecified atom stereocenters. The molecule has 0 bridgehead atoms. The standard InChI is InChI=1S/C14H13BrClNO3S/c1-9(18)11-4-2-3-5-14(11)17-21(19,20)10-6-7-13(16)12(15)8-10/h2-9,17-18H,1H3. The van der Waals surface area contributed by atoms with Gasteiger partial charge in [0.1, 0.15) is 0 Å². The number of benzene rings is 2. The van der Waals surface area contributed by atoms with Crippen molar-refractivity contribution in [2.45, 2.75) is 17.9 Å². The van der Waals surface area contributed by atoms with Crippen LogP contribution in [0.25, 0.3) is 0 Å². The van der Waals surface area contributed by atoms with Crippen LogP contribution in [-0.2, 0) is 10.0 Å². The van der Waals surface area contributed by atoms with Gasteiger partial charge in [-0.3, -0.25) is 4.72 Å². The molecule has 0 spiro atoms. The van der Waals surface area contributed by atoms with E-state index in [1.807, 2.05) is 0 Å². The Balaban J connectivity index is 2.40. The molecule has 0 amide bonds. The summed E-state index contributed by atoms with van der Waals surface area (Å²) in [5.74, 6) is 0. The first-order valence-electron chi connectivity index (χ1n) is 6.06. The highest BCUT2D eigenvalue weighted by atomic mass is 79.9. The summed E-state index contributed by atoms with van der Waals surface area (Å²) >= 11 is 9.06. The Morgan fingerprint density at radius 3 is 2.52 bits per heavy atom. The van der Waals surface area contributed by atoms with Crippen LogP contribution < -0.4 is 4.72 Å². The predicted molar refractivity (Wildman–Crippen MR) is 87.0 cm³/mol. The molecule has 7 heteroatoms. The van der Waals surface area contributed by atoms with Crippen molar-refractivity contribution in [3.05, 3.63) is 57.5 Å². The molecule has 21 heavy (non-hydrogen) atoms. The van der Waals surface area contributed by atoms with Gasteiger partial charge in [-0.2, -0.15) is 0 Å². The molecule has 1 atom stereocenters. The normalized spacial score (nSPS) is 13.0. The van der Waals surface area contributed by atoms with Crippen LogP contribution in [0.15, 0.2) is 51.8 Å². The minimum absolute atomic E-state index is 0.0826. The lowest BCUT2D eigenvalue weighted by atomic mass is 10.1. The van der Waals surface area contributed by atoms with Crippen LogP contribution in [0.4, 0.5) is 5.69 Å². The lowest BCUT2D eigenvalue weighted by molar-refractivity contribution is 0.200. The van der Waals surface area contributed by atoms with Crippen LogP contribution in [0.1, 0.15) is 18.6 Å². The highest BCUT2D eigenvalue weighted by Crippen LogP contribution is 2.28. The van der Waals surface area contributed by atoms with Gasteiger partial charge in [0.2, 0.25) is 0 Å². The molecule has 2 N–H and O–H groups in total. The Morgan fingerprint density at radius 1 is 1.24 bits per heavy atom. The molecule has 0 aromatic heterocycles. The number of aliphatic hydroxyl groups excluding tert-OH is 1. The molecule has 2 rings (SSSR count). The fraction of sp³-hybridized carbons (Fsp3) is 0.143. The molecule has 0 saturated carbocycles. The van der Waals surface area contributed by atoms with Crippen LogP contribution in [0, 0.1) is 0 Å². The van der Waals surface area contributed by atoms with Crippen molar-refractivity contribution < 1.29 is 13.5 Å². The molecule has 0 heterocycles. The SMILES string of the molecule is CC(O)c1ccccc1NS(=O)(=O)c1ccc(Cl)c(Br)c1. The van der Waals surface area contributed by atoms with Crippen LogP contribution in [0.5, 0.6) is 0 Å². The zero-order chi connectivity index (χ0) is 15.6. The van der Waals surface area contributed by atoms with Gasteiger partial charge in [-0.05, 0) is 47.1 Å². The predicted octanol–water partition coefficient (Wildman–Crippen LogP) is 3.96. The van der Waals surface area contributed by atoms with E-state index in [1.165, 1.54) is 18.2 Å². The average Bonchev–Trinajstić information content (AvgIpc) is 2.41. The lowest BCUT2D eigenvalue weighted by Crippen LogP contribution is -2.14. The third-order valence-corrected chi connectivity index (χ3v) is 5.43. The summed E-state index contributed by atoms with van der Waals surface area (Å²) in [6, 6.07) is 11.0. The van der Waals surface area contributed by atoms with Crippen molar-refractivity contribution in [2.24, 2.45) is 0 Å². The maximum atomic E-state index is 12.4. The van der Waals surface area contributed by atoms with E-state index in [1.54, 1.807) is 31.2 Å². The third kappa shape index (κ3) is 3.77. The Bertz CT molecular complexity index is 763. The summed E-state index contributed by atoms with van der Waals surface area (Å²) in [4.78, 5) is 0.0826. The summed E-state index contributed by atoms with van der Waals surface area (Å²) in [5.41, 5.74) is 0.854. The highest BCUT2D eigenvalue weighted by molar-refractivity contribution is 9.10. The number of rotatable bonds is 4. The average molecular weight is 391 g/mol. The van der Waals surface area contributed by atoms with Crippen LogP contribution >= 0.6 is 27.5 Å². The van der Waals surface area contributed by atoms with E-state index in [4.69, 9.17) is 11.6 Å². The van der Waals surface area contributed by atoms with Gasteiger partial charge >= 0.3 is 0 Å². The summed E-state index contributed by atoms with van der Waals surface area (Å²) in [5, 5.41) is 10.1. The Kier molecular flexibility index (Phi) is 4.93. The molecule has 4 nitrogen and oxygen atoms in total. The first kappa shape index (κ1) is 16.3. The summed E-state index contributed by atoms with van der Waals surface area (Å²) in [7, 11) is -3.76. The van der Waals surface area contributed by atoms with E-state index in [-0.39, 0.29) is 4.90 Å². The maximum absolute atomic E-state index is 12.4. The van der Waals surface area contributed by atoms with Crippen molar-refractivity contribution in [1.82, 2.24) is 0 Å². The van der Waals surface area contributed by atoms with Gasteiger partial charge in [-0.1, -0.05) is 29.8 Å². The first-order valence-corrected chi connectivity index (χ1v) is 8.71. The molecule has 112 valence electrons. The molecule has 0 aliphatic carbocycles. The Labute approximate surface area is 136 Å². The van der Waals surface area contributed by atoms with Crippen molar-refractivity contribution >= 4 is 43.2 Å². The van der Waals surface area contributed by atoms with Crippen LogP contribution in [-0.4, -0.2) is 13.5 Å². The van der Waals surface area contributed by atoms with E-state index < -0.39 is 16.1 Å². The smallest absolute Gasteiger partial charge is 0.261 e. The molecule has 0 aliphatic rings. The number of hydrogen-bond donors (Lipinski definition) is 2. The van der Waals surface area contributed by atoms with E-state index in [0.29, 0.717) is 20.7 Å². The quantitative estimate of drug-likeness (QED) is 0.830. The summed E-state index contributed by atoms with van der Waals surface area (Å²) in [6.07, 6.45) is -0.777. The molecular formula is C14H13BrClNO3S. The van der Waals surface area contributed by atoms with E-state index in [0.717, 1.165) is 0 Å². The first-order chi connectivity index (χ1) is 9.81. The second-order valence-electron chi connectivity index (χ2n) is 4.44. The van der Waals surface area contributed by atoms with E-state index in [2.05, 4.69) is 20.7 Å². The Hall–Kier alpha value is -1.08. The van der Waals surface area contributed by atoms with E-state index in [9.17, 15) is 13.5 Å². The maximum Gasteiger partial charge on any atom is 0.261 e. The van der Waals surface area contributed by atoms with Gasteiger partial charge in [0.05, 0.1) is 21.7 Å². The van der Waals surface area contributed by atoms with Gasteiger partial charge in [0.15, 0.2) is 0 Å². The number of sulfonamides is 1. The highest BCUT2D eigenvalue weighted by Gasteiger charge is 2.18. The van der Waals surface area contributed by atoms with Gasteiger partial charge in [-0.25, -0.2) is 8.42 Å². The molecule has 0 saturated heterocycles. The number of nitrogens with one attached hydrogen (secondary N) is 1. The Morgan fingerprint density at radius 2 is 1.90 bits per heavy atom. The zero-order valence-corrected chi connectivity index (χ0v) is 14.2. The van der Waals surface area contributed by atoms with Gasteiger partial charge < -0.3 is 5.11 Å². The lowest BCUT2D eigenvalue weighted by Gasteiger charge is -2.14. The minimum atomic E-state index is -3.76. The van der Waals surface area contributed by atoms with Crippen molar-refractivity contribution in [1.29, 1.82) is 0 Å². The summed E-state index contributed by atoms with van der Waals surface area (Å²) < 4.78 is 27.7. The van der Waals surface area contributed by atoms with Crippen molar-refractivity contribution in [3.8, 4) is 0 Å². The number of anilines is 1. The number of hydrogen-bond acceptors (Lipinski definition) is 3. The van der Waals surface area contributed by atoms with Gasteiger partial charge in [-0.15, -0.1) is 0 Å². The fourth-order valence-electron chi connectivity index (χ4n) is 1.80. The van der Waals surface area contributed by atoms with Gasteiger partial charge in [0.25, 0.3) is 10.0 Å². The van der Waals surface area contributed by atoms with Crippen LogP contribution in [0.2, 0.25) is 5.02 Å². The minimum Gasteiger partial charge on any atom is -0.389 e. The molecular weight excluding hydrogens is 378 g/mol. The third-order valence-electron chi connectivity index (χ3n) is 2.86. The topological polar surface area (TPSA) is 66.4 Å². The molecule has 2 aromatic carbocycles. The number of aliphatic hydroxyl groups is 1. The summed E-state index contributed by atoms with van der Waals surface area (Å²) in [6.45, 7) is 1.58. The van der Waals surface area contributed by atoms with Crippen LogP contribution in [0.3, 0.4) is 0 Å². The molecule has 0 fully saturated rings. The molecule has 2 aromatic rings. The fourth-order valence-corrected chi connectivity index (χ4v) is 3.56. The van der Waals surface area contributed by atoms with E-state index >= 15 is 0 Å². The largest absolute Gasteiger partial charge is 0.389 e. The molecule has 0 radical (unpaired) electrons. The molecule has 0 aliphatic heterocycles.